The number of nitrogens with two attached hydrogens (primary N) is 1. The molecule has 0 aromatic heterocycles. The summed E-state index contributed by atoms with van der Waals surface area (Å²) in [6, 6.07) is 21.2. The molecule has 3 N–H and O–H groups in total. The molecular formula is C29H31FN6O2. The first-order chi connectivity index (χ1) is 18.5. The molecule has 3 aromatic carbocycles. The van der Waals surface area contributed by atoms with Crippen molar-refractivity contribution in [3.63, 3.8) is 0 Å². The van der Waals surface area contributed by atoms with Gasteiger partial charge in [0.25, 0.3) is 0 Å². The van der Waals surface area contributed by atoms with Crippen molar-refractivity contribution in [3.05, 3.63) is 90.2 Å². The van der Waals surface area contributed by atoms with E-state index in [4.69, 9.17) is 10.5 Å². The first-order valence-electron chi connectivity index (χ1n) is 12.6. The molecule has 1 amide bonds. The summed E-state index contributed by atoms with van der Waals surface area (Å²) in [7, 11) is 0. The van der Waals surface area contributed by atoms with Crippen LogP contribution in [-0.2, 0) is 4.79 Å². The van der Waals surface area contributed by atoms with Crippen molar-refractivity contribution in [1.29, 1.82) is 5.26 Å². The second-order valence-electron chi connectivity index (χ2n) is 9.02. The van der Waals surface area contributed by atoms with Gasteiger partial charge in [-0.15, -0.1) is 0 Å². The van der Waals surface area contributed by atoms with Crippen molar-refractivity contribution in [2.75, 3.05) is 26.2 Å². The highest BCUT2D eigenvalue weighted by atomic mass is 19.1. The van der Waals surface area contributed by atoms with Crippen LogP contribution in [0.15, 0.2) is 83.9 Å². The van der Waals surface area contributed by atoms with E-state index in [2.05, 4.69) is 21.4 Å². The monoisotopic (exact) mass is 514 g/mol. The summed E-state index contributed by atoms with van der Waals surface area (Å²) in [5.41, 5.74) is 7.57. The predicted molar refractivity (Wildman–Crippen MR) is 144 cm³/mol. The van der Waals surface area contributed by atoms with Gasteiger partial charge in [-0.2, -0.15) is 5.26 Å². The van der Waals surface area contributed by atoms with Crippen LogP contribution in [0.1, 0.15) is 30.9 Å². The highest BCUT2D eigenvalue weighted by Crippen LogP contribution is 2.27. The number of hydrogen-bond donors (Lipinski definition) is 2. The van der Waals surface area contributed by atoms with Gasteiger partial charge in [0, 0.05) is 13.1 Å². The SMILES string of the molecule is N#CN(C(N)=Nc1ccc(Oc2ccc(F)cc2)cc1)C(CC(=O)NCCN1CCCC1)c1ccccc1. The Morgan fingerprint density at radius 3 is 2.32 bits per heavy atom. The molecule has 0 saturated carbocycles. The summed E-state index contributed by atoms with van der Waals surface area (Å²) in [5, 5.41) is 13.0. The van der Waals surface area contributed by atoms with Crippen LogP contribution in [0.5, 0.6) is 11.5 Å². The third kappa shape index (κ3) is 7.54. The Hall–Kier alpha value is -4.42. The lowest BCUT2D eigenvalue weighted by molar-refractivity contribution is -0.121. The lowest BCUT2D eigenvalue weighted by atomic mass is 10.0. The Morgan fingerprint density at radius 1 is 1.05 bits per heavy atom. The number of carbonyl (C=O) groups excluding carboxylic acids is 1. The molecule has 1 heterocycles. The number of halogens is 1. The number of guanidine groups is 1. The molecule has 8 nitrogen and oxygen atoms in total. The minimum atomic E-state index is -0.613. The molecule has 4 rings (SSSR count). The number of nitrogens with zero attached hydrogens (tertiary/aromatic N) is 4. The number of benzene rings is 3. The number of carbonyl (C=O) groups is 1. The van der Waals surface area contributed by atoms with Crippen LogP contribution in [-0.4, -0.2) is 47.8 Å². The molecule has 9 heteroatoms. The van der Waals surface area contributed by atoms with Crippen molar-refractivity contribution in [3.8, 4) is 17.7 Å². The number of likely N-dealkylation sites (tertiary alicyclic amines) is 1. The second-order valence-corrected chi connectivity index (χ2v) is 9.02. The predicted octanol–water partition coefficient (Wildman–Crippen LogP) is 4.69. The van der Waals surface area contributed by atoms with Crippen LogP contribution in [0.4, 0.5) is 10.1 Å². The molecule has 0 aliphatic carbocycles. The van der Waals surface area contributed by atoms with Crippen LogP contribution >= 0.6 is 0 Å². The van der Waals surface area contributed by atoms with Gasteiger partial charge in [0.15, 0.2) is 6.19 Å². The van der Waals surface area contributed by atoms with Crippen molar-refractivity contribution in [2.24, 2.45) is 10.7 Å². The quantitative estimate of drug-likeness (QED) is 0.176. The van der Waals surface area contributed by atoms with Gasteiger partial charge in [-0.3, -0.25) is 4.79 Å². The van der Waals surface area contributed by atoms with Crippen molar-refractivity contribution >= 4 is 17.6 Å². The molecule has 3 aromatic rings. The van der Waals surface area contributed by atoms with Gasteiger partial charge < -0.3 is 20.7 Å². The maximum Gasteiger partial charge on any atom is 0.222 e. The van der Waals surface area contributed by atoms with Crippen LogP contribution < -0.4 is 15.8 Å². The summed E-state index contributed by atoms with van der Waals surface area (Å²) in [5.74, 6) is 0.515. The minimum absolute atomic E-state index is 0.0292. The lowest BCUT2D eigenvalue weighted by Gasteiger charge is -2.26. The number of amides is 1. The van der Waals surface area contributed by atoms with Crippen LogP contribution in [0.2, 0.25) is 0 Å². The molecule has 1 aliphatic rings. The smallest absolute Gasteiger partial charge is 0.222 e. The molecular weight excluding hydrogens is 483 g/mol. The first kappa shape index (κ1) is 26.6. The summed E-state index contributed by atoms with van der Waals surface area (Å²) in [6.07, 6.45) is 4.56. The maximum atomic E-state index is 13.1. The van der Waals surface area contributed by atoms with Crippen LogP contribution in [0.25, 0.3) is 0 Å². The largest absolute Gasteiger partial charge is 0.457 e. The van der Waals surface area contributed by atoms with E-state index < -0.39 is 6.04 Å². The van der Waals surface area contributed by atoms with E-state index in [1.54, 1.807) is 24.3 Å². The molecule has 0 bridgehead atoms. The van der Waals surface area contributed by atoms with Gasteiger partial charge in [0.2, 0.25) is 11.9 Å². The van der Waals surface area contributed by atoms with Gasteiger partial charge in [-0.05, 0) is 80.0 Å². The third-order valence-electron chi connectivity index (χ3n) is 6.31. The summed E-state index contributed by atoms with van der Waals surface area (Å²) in [6.45, 7) is 3.51. The van der Waals surface area contributed by atoms with Gasteiger partial charge >= 0.3 is 0 Å². The van der Waals surface area contributed by atoms with Crippen molar-refractivity contribution in [1.82, 2.24) is 15.1 Å². The normalized spacial score (nSPS) is 14.5. The highest BCUT2D eigenvalue weighted by Gasteiger charge is 2.25. The fraction of sp³-hybridized carbons (Fsp3) is 0.276. The van der Waals surface area contributed by atoms with E-state index >= 15 is 0 Å². The number of rotatable bonds is 10. The zero-order valence-electron chi connectivity index (χ0n) is 21.1. The third-order valence-corrected chi connectivity index (χ3v) is 6.31. The number of hydrogen-bond acceptors (Lipinski definition) is 5. The fourth-order valence-corrected chi connectivity index (χ4v) is 4.34. The summed E-state index contributed by atoms with van der Waals surface area (Å²) < 4.78 is 18.8. The Morgan fingerprint density at radius 2 is 1.68 bits per heavy atom. The Bertz CT molecular complexity index is 1250. The molecule has 1 fully saturated rings. The average molecular weight is 515 g/mol. The number of ether oxygens (including phenoxy) is 1. The molecule has 1 atom stereocenters. The van der Waals surface area contributed by atoms with Gasteiger partial charge in [-0.25, -0.2) is 14.3 Å². The molecule has 1 unspecified atom stereocenters. The maximum absolute atomic E-state index is 13.1. The molecule has 0 radical (unpaired) electrons. The Labute approximate surface area is 222 Å². The Kier molecular flexibility index (Phi) is 9.27. The second kappa shape index (κ2) is 13.2. The van der Waals surface area contributed by atoms with Crippen LogP contribution in [0.3, 0.4) is 0 Å². The van der Waals surface area contributed by atoms with E-state index in [-0.39, 0.29) is 24.1 Å². The zero-order chi connectivity index (χ0) is 26.7. The highest BCUT2D eigenvalue weighted by molar-refractivity contribution is 5.84. The van der Waals surface area contributed by atoms with Gasteiger partial charge in [0.05, 0.1) is 18.2 Å². The number of nitriles is 1. The van der Waals surface area contributed by atoms with E-state index in [9.17, 15) is 14.4 Å². The van der Waals surface area contributed by atoms with E-state index in [0.717, 1.165) is 25.2 Å². The molecule has 38 heavy (non-hydrogen) atoms. The number of aliphatic imine (C=N–C) groups is 1. The molecule has 1 saturated heterocycles. The van der Waals surface area contributed by atoms with E-state index in [1.807, 2.05) is 30.3 Å². The first-order valence-corrected chi connectivity index (χ1v) is 12.6. The average Bonchev–Trinajstić information content (AvgIpc) is 3.45. The fourth-order valence-electron chi connectivity index (χ4n) is 4.34. The summed E-state index contributed by atoms with van der Waals surface area (Å²) in [4.78, 5) is 20.8. The Balaban J connectivity index is 1.44. The van der Waals surface area contributed by atoms with Crippen molar-refractivity contribution < 1.29 is 13.9 Å². The van der Waals surface area contributed by atoms with E-state index in [1.165, 1.54) is 42.0 Å². The standard InChI is InChI=1S/C29H31FN6O2/c30-23-8-12-25(13-9-23)38-26-14-10-24(11-15-26)34-29(32)36(21-31)27(22-6-2-1-3-7-22)20-28(37)33-16-19-35-17-4-5-18-35/h1-3,6-15,27H,4-5,16-20H2,(H2,32,34)(H,33,37). The minimum Gasteiger partial charge on any atom is -0.457 e. The molecule has 196 valence electrons. The van der Waals surface area contributed by atoms with Gasteiger partial charge in [0.1, 0.15) is 17.3 Å². The summed E-state index contributed by atoms with van der Waals surface area (Å²) >= 11 is 0. The lowest BCUT2D eigenvalue weighted by Crippen LogP contribution is -2.40. The topological polar surface area (TPSA) is 107 Å². The number of nitrogens with one attached hydrogen (secondary N) is 1. The zero-order valence-corrected chi connectivity index (χ0v) is 21.1. The molecule has 1 aliphatic heterocycles. The van der Waals surface area contributed by atoms with E-state index in [0.29, 0.717) is 23.7 Å². The van der Waals surface area contributed by atoms with Crippen LogP contribution in [0, 0.1) is 17.3 Å². The van der Waals surface area contributed by atoms with Gasteiger partial charge in [-0.1, -0.05) is 30.3 Å². The molecule has 0 spiro atoms. The van der Waals surface area contributed by atoms with Crippen molar-refractivity contribution in [2.45, 2.75) is 25.3 Å².